The molecule has 6 heteroatoms. The Labute approximate surface area is 156 Å². The average molecular weight is 374 g/mol. The number of nitrogens with two attached hydrogens (primary N) is 1. The lowest BCUT2D eigenvalue weighted by Crippen LogP contribution is -2.27. The summed E-state index contributed by atoms with van der Waals surface area (Å²) in [5, 5.41) is 3.22. The highest BCUT2D eigenvalue weighted by molar-refractivity contribution is 7.17. The van der Waals surface area contributed by atoms with E-state index < -0.39 is 17.6 Å². The molecule has 0 saturated heterocycles. The molecule has 1 aromatic heterocycles. The minimum absolute atomic E-state index is 0.180. The first kappa shape index (κ1) is 18.6. The number of amides is 2. The number of fused-ring (bicyclic) bond motifs is 1. The van der Waals surface area contributed by atoms with Gasteiger partial charge in [0, 0.05) is 10.4 Å². The molecule has 1 aromatic carbocycles. The zero-order chi connectivity index (χ0) is 19.1. The third kappa shape index (κ3) is 3.65. The van der Waals surface area contributed by atoms with Gasteiger partial charge in [0.2, 0.25) is 0 Å². The van der Waals surface area contributed by atoms with Gasteiger partial charge in [-0.25, -0.2) is 4.39 Å². The van der Waals surface area contributed by atoms with Gasteiger partial charge in [-0.3, -0.25) is 9.59 Å². The summed E-state index contributed by atoms with van der Waals surface area (Å²) in [5.74, 6) is -0.948. The van der Waals surface area contributed by atoms with Crippen LogP contribution >= 0.6 is 11.3 Å². The number of nitrogens with one attached hydrogen (secondary N) is 1. The van der Waals surface area contributed by atoms with Crippen LogP contribution in [0, 0.1) is 17.2 Å². The summed E-state index contributed by atoms with van der Waals surface area (Å²) in [6.07, 6.45) is 2.65. The summed E-state index contributed by atoms with van der Waals surface area (Å²) < 4.78 is 13.4. The number of carbonyl (C=O) groups excluding carboxylic acids is 2. The predicted octanol–water partition coefficient (Wildman–Crippen LogP) is 4.39. The molecule has 1 aliphatic carbocycles. The van der Waals surface area contributed by atoms with E-state index in [1.165, 1.54) is 35.6 Å². The van der Waals surface area contributed by atoms with E-state index in [0.717, 1.165) is 29.7 Å². The van der Waals surface area contributed by atoms with Gasteiger partial charge in [0.05, 0.1) is 5.56 Å². The lowest BCUT2D eigenvalue weighted by molar-refractivity contribution is 0.1000. The standard InChI is InChI=1S/C20H23FN2O2S/c1-20(2,3)12-7-8-14-15(10-12)26-19(16(14)17(22)24)23-18(25)11-5-4-6-13(21)9-11/h4-6,9,12H,7-8,10H2,1-3H3,(H2,22,24)(H,23,25)/t12-/m1/s1. The lowest BCUT2D eigenvalue weighted by atomic mass is 9.72. The highest BCUT2D eigenvalue weighted by atomic mass is 32.1. The lowest BCUT2D eigenvalue weighted by Gasteiger charge is -2.33. The van der Waals surface area contributed by atoms with Crippen LogP contribution in [0.2, 0.25) is 0 Å². The van der Waals surface area contributed by atoms with E-state index in [9.17, 15) is 14.0 Å². The zero-order valence-corrected chi connectivity index (χ0v) is 16.0. The molecule has 3 rings (SSSR count). The second-order valence-corrected chi connectivity index (χ2v) is 8.95. The Bertz CT molecular complexity index is 867. The van der Waals surface area contributed by atoms with E-state index in [0.29, 0.717) is 16.5 Å². The number of anilines is 1. The van der Waals surface area contributed by atoms with Crippen molar-refractivity contribution in [3.63, 3.8) is 0 Å². The fraction of sp³-hybridized carbons (Fsp3) is 0.400. The number of benzene rings is 1. The molecule has 1 heterocycles. The van der Waals surface area contributed by atoms with Gasteiger partial charge >= 0.3 is 0 Å². The van der Waals surface area contributed by atoms with Crippen molar-refractivity contribution in [2.45, 2.75) is 40.0 Å². The molecule has 3 N–H and O–H groups in total. The molecule has 138 valence electrons. The summed E-state index contributed by atoms with van der Waals surface area (Å²) in [7, 11) is 0. The van der Waals surface area contributed by atoms with Crippen LogP contribution in [0.1, 0.15) is 58.3 Å². The van der Waals surface area contributed by atoms with Gasteiger partial charge in [-0.1, -0.05) is 26.8 Å². The van der Waals surface area contributed by atoms with Crippen molar-refractivity contribution in [1.29, 1.82) is 0 Å². The van der Waals surface area contributed by atoms with Crippen molar-refractivity contribution < 1.29 is 14.0 Å². The molecule has 1 aliphatic rings. The number of carbonyl (C=O) groups is 2. The van der Waals surface area contributed by atoms with Gasteiger partial charge in [-0.2, -0.15) is 0 Å². The van der Waals surface area contributed by atoms with E-state index in [4.69, 9.17) is 5.73 Å². The van der Waals surface area contributed by atoms with Gasteiger partial charge < -0.3 is 11.1 Å². The minimum atomic E-state index is -0.536. The summed E-state index contributed by atoms with van der Waals surface area (Å²) in [6.45, 7) is 6.66. The van der Waals surface area contributed by atoms with Crippen LogP contribution in [-0.2, 0) is 12.8 Å². The fourth-order valence-electron chi connectivity index (χ4n) is 3.48. The molecular formula is C20H23FN2O2S. The van der Waals surface area contributed by atoms with Crippen LogP contribution in [0.25, 0.3) is 0 Å². The Balaban J connectivity index is 1.92. The topological polar surface area (TPSA) is 72.2 Å². The maximum Gasteiger partial charge on any atom is 0.256 e. The highest BCUT2D eigenvalue weighted by Gasteiger charge is 2.33. The molecule has 2 amide bonds. The van der Waals surface area contributed by atoms with Crippen molar-refractivity contribution in [2.75, 3.05) is 5.32 Å². The Kier molecular flexibility index (Phi) is 4.88. The molecule has 0 radical (unpaired) electrons. The van der Waals surface area contributed by atoms with Crippen molar-refractivity contribution in [1.82, 2.24) is 0 Å². The maximum absolute atomic E-state index is 13.4. The highest BCUT2D eigenvalue weighted by Crippen LogP contribution is 2.44. The molecule has 0 aliphatic heterocycles. The second kappa shape index (κ2) is 6.83. The molecular weight excluding hydrogens is 351 g/mol. The first-order valence-corrected chi connectivity index (χ1v) is 9.49. The first-order chi connectivity index (χ1) is 12.2. The van der Waals surface area contributed by atoms with Crippen LogP contribution in [-0.4, -0.2) is 11.8 Å². The molecule has 0 fully saturated rings. The zero-order valence-electron chi connectivity index (χ0n) is 15.2. The van der Waals surface area contributed by atoms with Gasteiger partial charge in [-0.05, 0) is 54.4 Å². The van der Waals surface area contributed by atoms with E-state index in [1.807, 2.05) is 0 Å². The molecule has 2 aromatic rings. The Morgan fingerprint density at radius 1 is 1.31 bits per heavy atom. The maximum atomic E-state index is 13.4. The number of halogens is 1. The number of thiophene rings is 1. The van der Waals surface area contributed by atoms with Crippen molar-refractivity contribution in [3.8, 4) is 0 Å². The molecule has 0 unspecified atom stereocenters. The SMILES string of the molecule is CC(C)(C)[C@@H]1CCc2c(sc(NC(=O)c3cccc(F)c3)c2C(N)=O)C1. The Morgan fingerprint density at radius 3 is 2.65 bits per heavy atom. The number of hydrogen-bond acceptors (Lipinski definition) is 3. The fourth-order valence-corrected chi connectivity index (χ4v) is 4.81. The summed E-state index contributed by atoms with van der Waals surface area (Å²) >= 11 is 1.41. The number of rotatable bonds is 3. The van der Waals surface area contributed by atoms with E-state index in [1.54, 1.807) is 0 Å². The third-order valence-electron chi connectivity index (χ3n) is 5.05. The minimum Gasteiger partial charge on any atom is -0.365 e. The van der Waals surface area contributed by atoms with Gasteiger partial charge in [0.1, 0.15) is 10.8 Å². The van der Waals surface area contributed by atoms with Gasteiger partial charge in [0.25, 0.3) is 11.8 Å². The summed E-state index contributed by atoms with van der Waals surface area (Å²) in [4.78, 5) is 25.6. The number of hydrogen-bond donors (Lipinski definition) is 2. The van der Waals surface area contributed by atoms with E-state index in [-0.39, 0.29) is 11.0 Å². The molecule has 4 nitrogen and oxygen atoms in total. The normalized spacial score (nSPS) is 16.8. The predicted molar refractivity (Wildman–Crippen MR) is 102 cm³/mol. The Hall–Kier alpha value is -2.21. The summed E-state index contributed by atoms with van der Waals surface area (Å²) in [5.41, 5.74) is 7.35. The molecule has 1 atom stereocenters. The van der Waals surface area contributed by atoms with Crippen LogP contribution in [0.5, 0.6) is 0 Å². The number of primary amides is 1. The van der Waals surface area contributed by atoms with Crippen LogP contribution in [0.4, 0.5) is 9.39 Å². The quantitative estimate of drug-likeness (QED) is 0.836. The van der Waals surface area contributed by atoms with Crippen LogP contribution in [0.3, 0.4) is 0 Å². The van der Waals surface area contributed by atoms with Gasteiger partial charge in [-0.15, -0.1) is 11.3 Å². The first-order valence-electron chi connectivity index (χ1n) is 8.68. The van der Waals surface area contributed by atoms with Gasteiger partial charge in [0.15, 0.2) is 0 Å². The summed E-state index contributed by atoms with van der Waals surface area (Å²) in [6, 6.07) is 5.46. The van der Waals surface area contributed by atoms with E-state index >= 15 is 0 Å². The average Bonchev–Trinajstić information content (AvgIpc) is 2.91. The molecule has 26 heavy (non-hydrogen) atoms. The molecule has 0 bridgehead atoms. The largest absolute Gasteiger partial charge is 0.365 e. The Morgan fingerprint density at radius 2 is 2.04 bits per heavy atom. The third-order valence-corrected chi connectivity index (χ3v) is 6.22. The molecule has 0 saturated carbocycles. The van der Waals surface area contributed by atoms with Crippen molar-refractivity contribution >= 4 is 28.2 Å². The van der Waals surface area contributed by atoms with Crippen molar-refractivity contribution in [3.05, 3.63) is 51.7 Å². The smallest absolute Gasteiger partial charge is 0.256 e. The second-order valence-electron chi connectivity index (χ2n) is 7.84. The van der Waals surface area contributed by atoms with Crippen molar-refractivity contribution in [2.24, 2.45) is 17.1 Å². The monoisotopic (exact) mass is 374 g/mol. The van der Waals surface area contributed by atoms with Crippen LogP contribution < -0.4 is 11.1 Å². The van der Waals surface area contributed by atoms with Crippen LogP contribution in [0.15, 0.2) is 24.3 Å². The van der Waals surface area contributed by atoms with E-state index in [2.05, 4.69) is 26.1 Å². The molecule has 0 spiro atoms.